The van der Waals surface area contributed by atoms with E-state index >= 15 is 0 Å². The predicted octanol–water partition coefficient (Wildman–Crippen LogP) is 4.08. The van der Waals surface area contributed by atoms with Crippen molar-refractivity contribution in [2.45, 2.75) is 45.4 Å². The number of carbonyl (C=O) groups is 1. The molecule has 4 heteroatoms. The Hall–Kier alpha value is -1.84. The summed E-state index contributed by atoms with van der Waals surface area (Å²) < 4.78 is 5.84. The highest BCUT2D eigenvalue weighted by atomic mass is 16.3. The first kappa shape index (κ1) is 13.2. The molecule has 1 aliphatic rings. The molecule has 1 aromatic carbocycles. The Labute approximate surface area is 118 Å². The summed E-state index contributed by atoms with van der Waals surface area (Å²) in [6, 6.07) is 5.64. The van der Waals surface area contributed by atoms with E-state index in [1.165, 1.54) is 25.7 Å². The zero-order valence-electron chi connectivity index (χ0n) is 12.0. The second kappa shape index (κ2) is 5.27. The third-order valence-corrected chi connectivity index (χ3v) is 3.90. The molecule has 0 unspecified atom stereocenters. The van der Waals surface area contributed by atoms with E-state index in [1.807, 2.05) is 32.0 Å². The van der Waals surface area contributed by atoms with Gasteiger partial charge in [0.1, 0.15) is 5.52 Å². The number of aromatic nitrogens is 1. The van der Waals surface area contributed by atoms with Gasteiger partial charge >= 0.3 is 0 Å². The van der Waals surface area contributed by atoms with Crippen LogP contribution >= 0.6 is 0 Å². The van der Waals surface area contributed by atoms with Crippen molar-refractivity contribution in [3.63, 3.8) is 0 Å². The molecule has 0 atom stereocenters. The Kier molecular flexibility index (Phi) is 3.47. The molecule has 1 amide bonds. The third kappa shape index (κ3) is 2.55. The molecular weight excluding hydrogens is 252 g/mol. The zero-order chi connectivity index (χ0) is 14.1. The lowest BCUT2D eigenvalue weighted by Crippen LogP contribution is -2.17. The average Bonchev–Trinajstić information content (AvgIpc) is 3.06. The van der Waals surface area contributed by atoms with Crippen molar-refractivity contribution < 1.29 is 9.21 Å². The Morgan fingerprint density at radius 3 is 2.80 bits per heavy atom. The molecular formula is C16H20N2O2. The summed E-state index contributed by atoms with van der Waals surface area (Å²) in [7, 11) is 0. The molecule has 20 heavy (non-hydrogen) atoms. The van der Waals surface area contributed by atoms with E-state index in [-0.39, 0.29) is 11.8 Å². The standard InChI is InChI=1S/C16H20N2O2/c1-10(2)15(19)17-12-7-8-14-13(9-12)18-16(20-14)11-5-3-4-6-11/h7-11H,3-6H2,1-2H3,(H,17,19). The van der Waals surface area contributed by atoms with Gasteiger partial charge in [0, 0.05) is 17.5 Å². The van der Waals surface area contributed by atoms with E-state index < -0.39 is 0 Å². The number of nitrogens with one attached hydrogen (secondary N) is 1. The van der Waals surface area contributed by atoms with E-state index in [2.05, 4.69) is 10.3 Å². The summed E-state index contributed by atoms with van der Waals surface area (Å²) >= 11 is 0. The largest absolute Gasteiger partial charge is 0.440 e. The van der Waals surface area contributed by atoms with Gasteiger partial charge < -0.3 is 9.73 Å². The molecule has 1 heterocycles. The highest BCUT2D eigenvalue weighted by molar-refractivity contribution is 5.93. The SMILES string of the molecule is CC(C)C(=O)Nc1ccc2oc(C3CCCC3)nc2c1. The van der Waals surface area contributed by atoms with Crippen molar-refractivity contribution in [3.05, 3.63) is 24.1 Å². The second-order valence-electron chi connectivity index (χ2n) is 5.86. The zero-order valence-corrected chi connectivity index (χ0v) is 12.0. The maximum Gasteiger partial charge on any atom is 0.226 e. The number of rotatable bonds is 3. The first-order valence-corrected chi connectivity index (χ1v) is 7.35. The summed E-state index contributed by atoms with van der Waals surface area (Å²) in [6.45, 7) is 3.75. The summed E-state index contributed by atoms with van der Waals surface area (Å²) in [5.41, 5.74) is 2.41. The number of carbonyl (C=O) groups excluding carboxylic acids is 1. The topological polar surface area (TPSA) is 55.1 Å². The minimum absolute atomic E-state index is 0.0175. The Bertz CT molecular complexity index is 624. The van der Waals surface area contributed by atoms with Crippen molar-refractivity contribution in [2.75, 3.05) is 5.32 Å². The van der Waals surface area contributed by atoms with E-state index in [4.69, 9.17) is 4.42 Å². The van der Waals surface area contributed by atoms with Gasteiger partial charge in [-0.25, -0.2) is 4.98 Å². The molecule has 2 aromatic rings. The molecule has 1 N–H and O–H groups in total. The number of amides is 1. The van der Waals surface area contributed by atoms with Gasteiger partial charge in [-0.2, -0.15) is 0 Å². The number of hydrogen-bond donors (Lipinski definition) is 1. The van der Waals surface area contributed by atoms with Crippen LogP contribution in [0.4, 0.5) is 5.69 Å². The van der Waals surface area contributed by atoms with Gasteiger partial charge in [-0.1, -0.05) is 26.7 Å². The van der Waals surface area contributed by atoms with E-state index in [9.17, 15) is 4.79 Å². The summed E-state index contributed by atoms with van der Waals surface area (Å²) in [5, 5.41) is 2.89. The average molecular weight is 272 g/mol. The van der Waals surface area contributed by atoms with Gasteiger partial charge in [-0.3, -0.25) is 4.79 Å². The summed E-state index contributed by atoms with van der Waals surface area (Å²) in [5.74, 6) is 1.31. The molecule has 1 fully saturated rings. The lowest BCUT2D eigenvalue weighted by atomic mass is 10.1. The smallest absolute Gasteiger partial charge is 0.226 e. The van der Waals surface area contributed by atoms with Crippen LogP contribution in [0.25, 0.3) is 11.1 Å². The molecule has 106 valence electrons. The van der Waals surface area contributed by atoms with Crippen LogP contribution in [0.3, 0.4) is 0 Å². The van der Waals surface area contributed by atoms with Crippen LogP contribution in [0.2, 0.25) is 0 Å². The number of hydrogen-bond acceptors (Lipinski definition) is 3. The van der Waals surface area contributed by atoms with Gasteiger partial charge in [-0.15, -0.1) is 0 Å². The lowest BCUT2D eigenvalue weighted by molar-refractivity contribution is -0.118. The molecule has 0 spiro atoms. The Morgan fingerprint density at radius 2 is 2.10 bits per heavy atom. The summed E-state index contributed by atoms with van der Waals surface area (Å²) in [6.07, 6.45) is 4.87. The molecule has 4 nitrogen and oxygen atoms in total. The van der Waals surface area contributed by atoms with Crippen LogP contribution in [-0.4, -0.2) is 10.9 Å². The van der Waals surface area contributed by atoms with Crippen LogP contribution in [-0.2, 0) is 4.79 Å². The highest BCUT2D eigenvalue weighted by Crippen LogP contribution is 2.35. The molecule has 0 bridgehead atoms. The maximum absolute atomic E-state index is 11.7. The third-order valence-electron chi connectivity index (χ3n) is 3.90. The van der Waals surface area contributed by atoms with Crippen molar-refractivity contribution in [2.24, 2.45) is 5.92 Å². The van der Waals surface area contributed by atoms with Gasteiger partial charge in [-0.05, 0) is 31.0 Å². The van der Waals surface area contributed by atoms with Crippen LogP contribution < -0.4 is 5.32 Å². The molecule has 1 saturated carbocycles. The number of fused-ring (bicyclic) bond motifs is 1. The highest BCUT2D eigenvalue weighted by Gasteiger charge is 2.22. The fraction of sp³-hybridized carbons (Fsp3) is 0.500. The normalized spacial score (nSPS) is 16.1. The van der Waals surface area contributed by atoms with Crippen LogP contribution in [0.5, 0.6) is 0 Å². The van der Waals surface area contributed by atoms with E-state index in [1.54, 1.807) is 0 Å². The quantitative estimate of drug-likeness (QED) is 0.916. The van der Waals surface area contributed by atoms with Gasteiger partial charge in [0.25, 0.3) is 0 Å². The maximum atomic E-state index is 11.7. The molecule has 0 saturated heterocycles. The second-order valence-corrected chi connectivity index (χ2v) is 5.86. The number of oxazole rings is 1. The minimum atomic E-state index is -0.0305. The van der Waals surface area contributed by atoms with Crippen molar-refractivity contribution >= 4 is 22.7 Å². The van der Waals surface area contributed by atoms with Gasteiger partial charge in [0.05, 0.1) is 0 Å². The van der Waals surface area contributed by atoms with Crippen LogP contribution in [0, 0.1) is 5.92 Å². The van der Waals surface area contributed by atoms with E-state index in [0.717, 1.165) is 22.7 Å². The van der Waals surface area contributed by atoms with Crippen molar-refractivity contribution in [3.8, 4) is 0 Å². The lowest BCUT2D eigenvalue weighted by Gasteiger charge is -2.06. The Morgan fingerprint density at radius 1 is 1.35 bits per heavy atom. The minimum Gasteiger partial charge on any atom is -0.440 e. The fourth-order valence-corrected chi connectivity index (χ4v) is 2.66. The molecule has 1 aromatic heterocycles. The monoisotopic (exact) mass is 272 g/mol. The van der Waals surface area contributed by atoms with Gasteiger partial charge in [0.2, 0.25) is 5.91 Å². The first-order valence-electron chi connectivity index (χ1n) is 7.35. The molecule has 0 aliphatic heterocycles. The predicted molar refractivity (Wildman–Crippen MR) is 78.7 cm³/mol. The van der Waals surface area contributed by atoms with Crippen LogP contribution in [0.15, 0.2) is 22.6 Å². The number of anilines is 1. The molecule has 1 aliphatic carbocycles. The van der Waals surface area contributed by atoms with Crippen molar-refractivity contribution in [1.82, 2.24) is 4.98 Å². The number of benzene rings is 1. The Balaban J connectivity index is 1.85. The van der Waals surface area contributed by atoms with Gasteiger partial charge in [0.15, 0.2) is 11.5 Å². The molecule has 3 rings (SSSR count). The summed E-state index contributed by atoms with van der Waals surface area (Å²) in [4.78, 5) is 16.3. The molecule has 0 radical (unpaired) electrons. The van der Waals surface area contributed by atoms with E-state index in [0.29, 0.717) is 5.92 Å². The van der Waals surface area contributed by atoms with Crippen molar-refractivity contribution in [1.29, 1.82) is 0 Å². The fourth-order valence-electron chi connectivity index (χ4n) is 2.66. The number of nitrogens with zero attached hydrogens (tertiary/aromatic N) is 1. The first-order chi connectivity index (χ1) is 9.63. The van der Waals surface area contributed by atoms with Crippen LogP contribution in [0.1, 0.15) is 51.3 Å².